The van der Waals surface area contributed by atoms with Crippen LogP contribution in [0.4, 0.5) is 4.79 Å². The summed E-state index contributed by atoms with van der Waals surface area (Å²) in [6.07, 6.45) is 2.27. The molecule has 4 rings (SSSR count). The van der Waals surface area contributed by atoms with Crippen LogP contribution in [0.5, 0.6) is 0 Å². The van der Waals surface area contributed by atoms with Crippen LogP contribution < -0.4 is 10.9 Å². The van der Waals surface area contributed by atoms with Gasteiger partial charge in [0.05, 0.1) is 12.2 Å². The van der Waals surface area contributed by atoms with Gasteiger partial charge in [-0.3, -0.25) is 9.69 Å². The second-order valence-electron chi connectivity index (χ2n) is 6.37. The van der Waals surface area contributed by atoms with Crippen molar-refractivity contribution in [3.8, 4) is 0 Å². The Morgan fingerprint density at radius 2 is 2.33 bits per heavy atom. The largest absolute Gasteiger partial charge is 0.440 e. The van der Waals surface area contributed by atoms with Crippen molar-refractivity contribution in [2.24, 2.45) is 0 Å². The Hall–Kier alpha value is -2.00. The summed E-state index contributed by atoms with van der Waals surface area (Å²) in [5, 5.41) is 7.91. The molecule has 8 nitrogen and oxygen atoms in total. The number of alkyl carbamates (subject to hydrolysis) is 1. The smallest absolute Gasteiger partial charge is 0.407 e. The topological polar surface area (TPSA) is 88.8 Å². The molecule has 0 saturated carbocycles. The van der Waals surface area contributed by atoms with Gasteiger partial charge in [0.1, 0.15) is 10.6 Å². The zero-order valence-corrected chi connectivity index (χ0v) is 14.3. The van der Waals surface area contributed by atoms with Gasteiger partial charge in [0.2, 0.25) is 4.96 Å². The van der Waals surface area contributed by atoms with E-state index in [0.717, 1.165) is 36.5 Å². The molecule has 0 bridgehead atoms. The number of amides is 1. The van der Waals surface area contributed by atoms with Crippen molar-refractivity contribution in [1.29, 1.82) is 0 Å². The lowest BCUT2D eigenvalue weighted by Crippen LogP contribution is -2.50. The molecule has 0 aromatic carbocycles. The second kappa shape index (κ2) is 5.82. The van der Waals surface area contributed by atoms with E-state index >= 15 is 0 Å². The predicted molar refractivity (Wildman–Crippen MR) is 88.2 cm³/mol. The number of carbonyl (C=O) groups is 1. The quantitative estimate of drug-likeness (QED) is 0.881. The van der Waals surface area contributed by atoms with Crippen LogP contribution in [0.25, 0.3) is 4.96 Å². The maximum absolute atomic E-state index is 12.2. The number of nitrogens with one attached hydrogen (secondary N) is 1. The molecule has 24 heavy (non-hydrogen) atoms. The van der Waals surface area contributed by atoms with Gasteiger partial charge in [-0.1, -0.05) is 18.3 Å². The van der Waals surface area contributed by atoms with Crippen molar-refractivity contribution in [3.05, 3.63) is 27.1 Å². The minimum Gasteiger partial charge on any atom is -0.440 e. The summed E-state index contributed by atoms with van der Waals surface area (Å²) in [6, 6.07) is 1.55. The summed E-state index contributed by atoms with van der Waals surface area (Å²) in [7, 11) is 0. The molecule has 9 heteroatoms. The summed E-state index contributed by atoms with van der Waals surface area (Å²) in [5.41, 5.74) is 0.154. The van der Waals surface area contributed by atoms with Gasteiger partial charge in [0.25, 0.3) is 5.56 Å². The molecule has 4 heterocycles. The number of hydrogen-bond acceptors (Lipinski definition) is 7. The molecular weight excluding hydrogens is 330 g/mol. The van der Waals surface area contributed by atoms with E-state index in [4.69, 9.17) is 4.74 Å². The van der Waals surface area contributed by atoms with E-state index in [0.29, 0.717) is 24.6 Å². The monoisotopic (exact) mass is 349 g/mol. The fourth-order valence-corrected chi connectivity index (χ4v) is 4.26. The van der Waals surface area contributed by atoms with Crippen LogP contribution in [-0.4, -0.2) is 50.8 Å². The fourth-order valence-electron chi connectivity index (χ4n) is 3.40. The molecule has 2 aromatic heterocycles. The molecule has 1 atom stereocenters. The Bertz CT molecular complexity index is 847. The number of nitrogens with zero attached hydrogens (tertiary/aromatic N) is 4. The summed E-state index contributed by atoms with van der Waals surface area (Å²) in [6.45, 7) is 4.70. The molecule has 1 unspecified atom stereocenters. The van der Waals surface area contributed by atoms with Crippen LogP contribution in [0.3, 0.4) is 0 Å². The second-order valence-corrected chi connectivity index (χ2v) is 7.41. The first-order valence-electron chi connectivity index (χ1n) is 8.15. The molecule has 2 aromatic rings. The van der Waals surface area contributed by atoms with Crippen LogP contribution >= 0.6 is 11.3 Å². The first-order valence-corrected chi connectivity index (χ1v) is 8.96. The van der Waals surface area contributed by atoms with Crippen LogP contribution in [0, 0.1) is 0 Å². The van der Waals surface area contributed by atoms with Crippen LogP contribution in [0.2, 0.25) is 0 Å². The number of ether oxygens (including phenoxy) is 1. The highest BCUT2D eigenvalue weighted by atomic mass is 32.1. The van der Waals surface area contributed by atoms with Gasteiger partial charge in [-0.2, -0.15) is 9.61 Å². The Morgan fingerprint density at radius 3 is 3.08 bits per heavy atom. The summed E-state index contributed by atoms with van der Waals surface area (Å²) >= 11 is 1.45. The molecule has 1 N–H and O–H groups in total. The first-order chi connectivity index (χ1) is 11.6. The minimum atomic E-state index is -0.436. The normalized spacial score (nSPS) is 24.5. The number of aromatic nitrogens is 3. The van der Waals surface area contributed by atoms with E-state index in [-0.39, 0.29) is 11.7 Å². The Morgan fingerprint density at radius 1 is 1.46 bits per heavy atom. The maximum atomic E-state index is 12.2. The third-order valence-electron chi connectivity index (χ3n) is 4.51. The number of fused-ring (bicyclic) bond motifs is 1. The van der Waals surface area contributed by atoms with E-state index < -0.39 is 5.60 Å². The standard InChI is InChI=1S/C15H19N5O3S/c1-2-11-18-20-12(21)6-10(17-13(20)24-11)7-19-5-3-4-15(9-19)8-16-14(22)23-15/h6H,2-5,7-9H2,1H3,(H,16,22). The van der Waals surface area contributed by atoms with Crippen molar-refractivity contribution in [1.82, 2.24) is 24.8 Å². The molecule has 0 aliphatic carbocycles. The van der Waals surface area contributed by atoms with Crippen LogP contribution in [0.15, 0.2) is 10.9 Å². The summed E-state index contributed by atoms with van der Waals surface area (Å²) < 4.78 is 6.85. The average molecular weight is 349 g/mol. The minimum absolute atomic E-state index is 0.147. The van der Waals surface area contributed by atoms with Gasteiger partial charge in [-0.15, -0.1) is 0 Å². The number of piperidine rings is 1. The van der Waals surface area contributed by atoms with E-state index in [1.165, 1.54) is 15.9 Å². The molecule has 1 amide bonds. The SMILES string of the molecule is CCc1nn2c(=O)cc(CN3CCCC4(CNC(=O)O4)C3)nc2s1. The van der Waals surface area contributed by atoms with E-state index in [2.05, 4.69) is 20.3 Å². The van der Waals surface area contributed by atoms with Crippen molar-refractivity contribution in [3.63, 3.8) is 0 Å². The maximum Gasteiger partial charge on any atom is 0.407 e. The van der Waals surface area contributed by atoms with Gasteiger partial charge < -0.3 is 10.1 Å². The van der Waals surface area contributed by atoms with Gasteiger partial charge in [0, 0.05) is 19.2 Å². The van der Waals surface area contributed by atoms with Crippen molar-refractivity contribution >= 4 is 22.4 Å². The lowest BCUT2D eigenvalue weighted by molar-refractivity contribution is -0.0114. The summed E-state index contributed by atoms with van der Waals surface area (Å²) in [4.78, 5) is 31.0. The zero-order valence-electron chi connectivity index (χ0n) is 13.4. The average Bonchev–Trinajstić information content (AvgIpc) is 3.11. The number of carbonyl (C=O) groups excluding carboxylic acids is 1. The Balaban J connectivity index is 1.55. The lowest BCUT2D eigenvalue weighted by Gasteiger charge is -2.37. The zero-order chi connectivity index (χ0) is 16.7. The Kier molecular flexibility index (Phi) is 3.76. The third-order valence-corrected chi connectivity index (χ3v) is 5.56. The van der Waals surface area contributed by atoms with Crippen LogP contribution in [-0.2, 0) is 17.7 Å². The first kappa shape index (κ1) is 15.5. The lowest BCUT2D eigenvalue weighted by atomic mass is 9.93. The number of rotatable bonds is 3. The highest BCUT2D eigenvalue weighted by Crippen LogP contribution is 2.28. The highest BCUT2D eigenvalue weighted by Gasteiger charge is 2.43. The van der Waals surface area contributed by atoms with E-state index in [1.54, 1.807) is 6.07 Å². The highest BCUT2D eigenvalue weighted by molar-refractivity contribution is 7.16. The molecule has 0 radical (unpaired) electrons. The predicted octanol–water partition coefficient (Wildman–Crippen LogP) is 0.788. The van der Waals surface area contributed by atoms with Gasteiger partial charge in [-0.25, -0.2) is 9.78 Å². The number of likely N-dealkylation sites (tertiary alicyclic amines) is 1. The van der Waals surface area contributed by atoms with Crippen LogP contribution in [0.1, 0.15) is 30.5 Å². The molecule has 2 aliphatic rings. The van der Waals surface area contributed by atoms with Crippen molar-refractivity contribution in [2.45, 2.75) is 38.3 Å². The molecule has 2 fully saturated rings. The summed E-state index contributed by atoms with van der Waals surface area (Å²) in [5.74, 6) is 0. The molecular formula is C15H19N5O3S. The molecule has 2 saturated heterocycles. The Labute approximate surface area is 142 Å². The van der Waals surface area contributed by atoms with Gasteiger partial charge in [-0.05, 0) is 25.8 Å². The van der Waals surface area contributed by atoms with E-state index in [1.807, 2.05) is 6.92 Å². The number of hydrogen-bond donors (Lipinski definition) is 1. The molecule has 1 spiro atoms. The molecule has 128 valence electrons. The third kappa shape index (κ3) is 2.78. The van der Waals surface area contributed by atoms with Crippen molar-refractivity contribution < 1.29 is 9.53 Å². The fraction of sp³-hybridized carbons (Fsp3) is 0.600. The van der Waals surface area contributed by atoms with Crippen molar-refractivity contribution in [2.75, 3.05) is 19.6 Å². The molecule has 2 aliphatic heterocycles. The number of aryl methyl sites for hydroxylation is 1. The van der Waals surface area contributed by atoms with E-state index in [9.17, 15) is 9.59 Å². The van der Waals surface area contributed by atoms with Gasteiger partial charge in [0.15, 0.2) is 0 Å². The van der Waals surface area contributed by atoms with Gasteiger partial charge >= 0.3 is 6.09 Å².